The van der Waals surface area contributed by atoms with Crippen LogP contribution >= 0.6 is 0 Å². The van der Waals surface area contributed by atoms with Crippen LogP contribution in [0, 0.1) is 39.9 Å². The highest BCUT2D eigenvalue weighted by Crippen LogP contribution is 2.82. The number of nitrogens with zero attached hydrogens (tertiary/aromatic N) is 1. The van der Waals surface area contributed by atoms with Crippen molar-refractivity contribution in [2.24, 2.45) is 28.6 Å². The first kappa shape index (κ1) is 6.59. The second-order valence-electron chi connectivity index (χ2n) is 5.53. The SMILES string of the molecule is N#CC12CC3CC4C(=O)C(C1)C34C2. The largest absolute Gasteiger partial charge is 0.299 e. The molecule has 1 spiro atoms. The summed E-state index contributed by atoms with van der Waals surface area (Å²) in [6, 6.07) is 2.49. The number of hydrogen-bond acceptors (Lipinski definition) is 2. The molecular weight excluding hydrogens is 162 g/mol. The summed E-state index contributed by atoms with van der Waals surface area (Å²) in [7, 11) is 0. The first-order chi connectivity index (χ1) is 6.22. The molecule has 4 aliphatic carbocycles. The van der Waals surface area contributed by atoms with Crippen molar-refractivity contribution in [3.63, 3.8) is 0 Å². The molecule has 5 atom stereocenters. The minimum Gasteiger partial charge on any atom is -0.299 e. The number of fused-ring (bicyclic) bond motifs is 1. The molecule has 4 fully saturated rings. The Kier molecular flexibility index (Phi) is 0.736. The van der Waals surface area contributed by atoms with E-state index in [1.165, 1.54) is 0 Å². The molecule has 0 heterocycles. The van der Waals surface area contributed by atoms with Gasteiger partial charge in [-0.15, -0.1) is 0 Å². The number of hydrogen-bond donors (Lipinski definition) is 0. The summed E-state index contributed by atoms with van der Waals surface area (Å²) in [6.45, 7) is 0. The molecule has 66 valence electrons. The summed E-state index contributed by atoms with van der Waals surface area (Å²) in [5.74, 6) is 1.94. The molecule has 2 bridgehead atoms. The van der Waals surface area contributed by atoms with E-state index in [4.69, 9.17) is 5.26 Å². The second-order valence-corrected chi connectivity index (χ2v) is 5.53. The zero-order chi connectivity index (χ0) is 8.84. The van der Waals surface area contributed by atoms with Gasteiger partial charge in [0.05, 0.1) is 11.5 Å². The fraction of sp³-hybridized carbons (Fsp3) is 0.818. The van der Waals surface area contributed by atoms with Gasteiger partial charge in [-0.1, -0.05) is 0 Å². The van der Waals surface area contributed by atoms with Crippen LogP contribution in [0.5, 0.6) is 0 Å². The average molecular weight is 173 g/mol. The Labute approximate surface area is 76.9 Å². The standard InChI is InChI=1S/C11H11NO/c12-5-10-2-6-1-7-9(13)8(3-10)11(6,7)4-10/h6-8H,1-4H2. The molecule has 4 aliphatic rings. The Morgan fingerprint density at radius 1 is 1.38 bits per heavy atom. The summed E-state index contributed by atoms with van der Waals surface area (Å²) >= 11 is 0. The molecule has 0 amide bonds. The number of Topliss-reactive ketones (excluding diaryl/α,β-unsaturated/α-hetero) is 1. The number of ketones is 1. The van der Waals surface area contributed by atoms with Crippen molar-refractivity contribution in [2.45, 2.75) is 25.7 Å². The second kappa shape index (κ2) is 1.45. The molecule has 4 rings (SSSR count). The number of rotatable bonds is 0. The molecule has 0 aromatic heterocycles. The van der Waals surface area contributed by atoms with E-state index in [0.29, 0.717) is 23.0 Å². The summed E-state index contributed by atoms with van der Waals surface area (Å²) in [6.07, 6.45) is 4.17. The van der Waals surface area contributed by atoms with Crippen LogP contribution in [-0.4, -0.2) is 5.78 Å². The minimum atomic E-state index is -0.0732. The molecule has 0 N–H and O–H groups in total. The van der Waals surface area contributed by atoms with Gasteiger partial charge in [-0.3, -0.25) is 4.79 Å². The maximum atomic E-state index is 11.6. The van der Waals surface area contributed by atoms with E-state index in [1.807, 2.05) is 0 Å². The van der Waals surface area contributed by atoms with Gasteiger partial charge in [-0.2, -0.15) is 5.26 Å². The van der Waals surface area contributed by atoms with Gasteiger partial charge in [0.2, 0.25) is 0 Å². The molecule has 13 heavy (non-hydrogen) atoms. The van der Waals surface area contributed by atoms with Crippen molar-refractivity contribution in [1.82, 2.24) is 0 Å². The lowest BCUT2D eigenvalue weighted by Gasteiger charge is -2.64. The first-order valence-electron chi connectivity index (χ1n) is 5.17. The quantitative estimate of drug-likeness (QED) is 0.557. The minimum absolute atomic E-state index is 0.0732. The predicted molar refractivity (Wildman–Crippen MR) is 44.4 cm³/mol. The molecule has 0 radical (unpaired) electrons. The molecule has 4 saturated carbocycles. The summed E-state index contributed by atoms with van der Waals surface area (Å²) in [5, 5.41) is 9.16. The highest BCUT2D eigenvalue weighted by atomic mass is 16.1. The van der Waals surface area contributed by atoms with E-state index in [0.717, 1.165) is 31.6 Å². The van der Waals surface area contributed by atoms with Gasteiger partial charge in [0.25, 0.3) is 0 Å². The fourth-order valence-electron chi connectivity index (χ4n) is 4.93. The van der Waals surface area contributed by atoms with Crippen LogP contribution < -0.4 is 0 Å². The van der Waals surface area contributed by atoms with Gasteiger partial charge in [0.1, 0.15) is 5.78 Å². The zero-order valence-corrected chi connectivity index (χ0v) is 7.42. The maximum absolute atomic E-state index is 11.6. The van der Waals surface area contributed by atoms with Gasteiger partial charge in [0.15, 0.2) is 0 Å². The number of carbonyl (C=O) groups is 1. The molecule has 2 heteroatoms. The van der Waals surface area contributed by atoms with Crippen molar-refractivity contribution in [3.05, 3.63) is 0 Å². The van der Waals surface area contributed by atoms with Gasteiger partial charge < -0.3 is 0 Å². The molecule has 0 aromatic carbocycles. The monoisotopic (exact) mass is 173 g/mol. The van der Waals surface area contributed by atoms with Crippen LogP contribution in [0.2, 0.25) is 0 Å². The third-order valence-electron chi connectivity index (χ3n) is 5.38. The fourth-order valence-corrected chi connectivity index (χ4v) is 4.93. The number of carbonyl (C=O) groups excluding carboxylic acids is 1. The smallest absolute Gasteiger partial charge is 0.140 e. The number of nitriles is 1. The lowest BCUT2D eigenvalue weighted by molar-refractivity contribution is -0.189. The molecule has 2 nitrogen and oxygen atoms in total. The topological polar surface area (TPSA) is 40.9 Å². The van der Waals surface area contributed by atoms with Crippen molar-refractivity contribution < 1.29 is 4.79 Å². The Morgan fingerprint density at radius 2 is 2.23 bits per heavy atom. The highest BCUT2D eigenvalue weighted by molar-refractivity contribution is 5.95. The van der Waals surface area contributed by atoms with Crippen molar-refractivity contribution in [2.75, 3.05) is 0 Å². The van der Waals surface area contributed by atoms with Crippen LogP contribution in [0.1, 0.15) is 25.7 Å². The highest BCUT2D eigenvalue weighted by Gasteiger charge is 2.81. The Bertz CT molecular complexity index is 382. The van der Waals surface area contributed by atoms with Crippen LogP contribution in [0.4, 0.5) is 0 Å². The lowest BCUT2D eigenvalue weighted by atomic mass is 9.38. The Balaban J connectivity index is 1.89. The Morgan fingerprint density at radius 3 is 2.92 bits per heavy atom. The lowest BCUT2D eigenvalue weighted by Crippen LogP contribution is -2.66. The molecular formula is C11H11NO. The van der Waals surface area contributed by atoms with Gasteiger partial charge >= 0.3 is 0 Å². The predicted octanol–water partition coefficient (Wildman–Crippen LogP) is 1.52. The van der Waals surface area contributed by atoms with E-state index < -0.39 is 0 Å². The Hall–Kier alpha value is -0.840. The van der Waals surface area contributed by atoms with Gasteiger partial charge in [-0.25, -0.2) is 0 Å². The van der Waals surface area contributed by atoms with Crippen LogP contribution in [0.3, 0.4) is 0 Å². The van der Waals surface area contributed by atoms with E-state index in [1.54, 1.807) is 0 Å². The van der Waals surface area contributed by atoms with Crippen LogP contribution in [0.25, 0.3) is 0 Å². The first-order valence-corrected chi connectivity index (χ1v) is 5.17. The van der Waals surface area contributed by atoms with Crippen LogP contribution in [0.15, 0.2) is 0 Å². The van der Waals surface area contributed by atoms with E-state index >= 15 is 0 Å². The van der Waals surface area contributed by atoms with Gasteiger partial charge in [-0.05, 0) is 37.0 Å². The molecule has 5 unspecified atom stereocenters. The molecule has 0 aromatic rings. The average Bonchev–Trinajstić information content (AvgIpc) is 2.58. The third-order valence-corrected chi connectivity index (χ3v) is 5.38. The zero-order valence-electron chi connectivity index (χ0n) is 7.42. The maximum Gasteiger partial charge on any atom is 0.140 e. The van der Waals surface area contributed by atoms with Crippen molar-refractivity contribution in [1.29, 1.82) is 5.26 Å². The van der Waals surface area contributed by atoms with E-state index in [9.17, 15) is 4.79 Å². The van der Waals surface area contributed by atoms with Crippen LogP contribution in [-0.2, 0) is 4.79 Å². The third kappa shape index (κ3) is 0.404. The van der Waals surface area contributed by atoms with Crippen molar-refractivity contribution >= 4 is 5.78 Å². The van der Waals surface area contributed by atoms with Crippen molar-refractivity contribution in [3.8, 4) is 6.07 Å². The van der Waals surface area contributed by atoms with Gasteiger partial charge in [0, 0.05) is 11.8 Å². The molecule has 0 saturated heterocycles. The normalized spacial score (nSPS) is 65.2. The molecule has 0 aliphatic heterocycles. The summed E-state index contributed by atoms with van der Waals surface area (Å²) in [4.78, 5) is 11.6. The van der Waals surface area contributed by atoms with E-state index in [2.05, 4.69) is 6.07 Å². The summed E-state index contributed by atoms with van der Waals surface area (Å²) < 4.78 is 0. The van der Waals surface area contributed by atoms with E-state index in [-0.39, 0.29) is 5.41 Å². The summed E-state index contributed by atoms with van der Waals surface area (Å²) in [5.41, 5.74) is 0.295.